The Hall–Kier alpha value is -1.69. The van der Waals surface area contributed by atoms with E-state index in [4.69, 9.17) is 0 Å². The first-order valence-electron chi connectivity index (χ1n) is 4.91. The van der Waals surface area contributed by atoms with Crippen LogP contribution < -0.4 is 0 Å². The molecule has 2 rings (SSSR count). The zero-order valence-electron chi connectivity index (χ0n) is 9.35. The van der Waals surface area contributed by atoms with E-state index in [1.165, 1.54) is 25.4 Å². The minimum absolute atomic E-state index is 0.172. The van der Waals surface area contributed by atoms with E-state index in [1.807, 2.05) is 0 Å². The van der Waals surface area contributed by atoms with Crippen molar-refractivity contribution < 1.29 is 9.18 Å². The molecule has 0 amide bonds. The second-order valence-electron chi connectivity index (χ2n) is 3.50. The summed E-state index contributed by atoms with van der Waals surface area (Å²) in [6.45, 7) is 1.41. The van der Waals surface area contributed by atoms with E-state index < -0.39 is 5.82 Å². The van der Waals surface area contributed by atoms with Gasteiger partial charge < -0.3 is 4.57 Å². The number of aromatic nitrogens is 3. The number of benzene rings is 1. The summed E-state index contributed by atoms with van der Waals surface area (Å²) in [5.41, 5.74) is 0.359. The maximum atomic E-state index is 13.7. The van der Waals surface area contributed by atoms with Crippen LogP contribution in [-0.2, 0) is 7.05 Å². The number of ketones is 1. The Bertz CT molecular complexity index is 568. The maximum Gasteiger partial charge on any atom is 0.195 e. The van der Waals surface area contributed by atoms with Gasteiger partial charge in [-0.25, -0.2) is 4.39 Å². The molecule has 4 nitrogen and oxygen atoms in total. The van der Waals surface area contributed by atoms with E-state index >= 15 is 0 Å². The highest BCUT2D eigenvalue weighted by Crippen LogP contribution is 2.31. The number of nitrogens with zero attached hydrogens (tertiary/aromatic N) is 3. The molecule has 0 radical (unpaired) electrons. The van der Waals surface area contributed by atoms with Gasteiger partial charge in [-0.2, -0.15) is 0 Å². The topological polar surface area (TPSA) is 47.8 Å². The van der Waals surface area contributed by atoms with Gasteiger partial charge in [0.1, 0.15) is 12.1 Å². The van der Waals surface area contributed by atoms with Gasteiger partial charge in [-0.15, -0.1) is 10.2 Å². The molecular formula is C11H10FN3OS. The lowest BCUT2D eigenvalue weighted by molar-refractivity contribution is 0.101. The number of carbonyl (C=O) groups excluding carboxylic acids is 1. The highest BCUT2D eigenvalue weighted by atomic mass is 32.2. The molecule has 6 heteroatoms. The van der Waals surface area contributed by atoms with Gasteiger partial charge in [0.2, 0.25) is 0 Å². The second-order valence-corrected chi connectivity index (χ2v) is 4.48. The number of carbonyl (C=O) groups is 1. The van der Waals surface area contributed by atoms with Crippen molar-refractivity contribution in [3.8, 4) is 0 Å². The van der Waals surface area contributed by atoms with Crippen molar-refractivity contribution >= 4 is 17.5 Å². The van der Waals surface area contributed by atoms with Crippen LogP contribution in [0.15, 0.2) is 34.6 Å². The lowest BCUT2D eigenvalue weighted by Gasteiger charge is -2.06. The molecule has 88 valence electrons. The summed E-state index contributed by atoms with van der Waals surface area (Å²) >= 11 is 1.10. The van der Waals surface area contributed by atoms with E-state index in [1.54, 1.807) is 17.7 Å². The first-order valence-corrected chi connectivity index (χ1v) is 5.72. The number of aryl methyl sites for hydroxylation is 1. The standard InChI is InChI=1S/C11H10FN3OS/c1-7(16)8-4-3-5-9(12)10(8)17-11-14-13-6-15(11)2/h3-6H,1-2H3. The van der Waals surface area contributed by atoms with E-state index in [-0.39, 0.29) is 10.7 Å². The fraction of sp³-hybridized carbons (Fsp3) is 0.182. The fourth-order valence-corrected chi connectivity index (χ4v) is 2.30. The first kappa shape index (κ1) is 11.8. The quantitative estimate of drug-likeness (QED) is 0.785. The Morgan fingerprint density at radius 3 is 2.82 bits per heavy atom. The summed E-state index contributed by atoms with van der Waals surface area (Å²) in [5.74, 6) is -0.597. The van der Waals surface area contributed by atoms with Crippen LogP contribution in [0.25, 0.3) is 0 Å². The van der Waals surface area contributed by atoms with Gasteiger partial charge in [0, 0.05) is 12.6 Å². The normalized spacial score (nSPS) is 10.5. The van der Waals surface area contributed by atoms with E-state index in [0.717, 1.165) is 11.8 Å². The molecule has 17 heavy (non-hydrogen) atoms. The van der Waals surface area contributed by atoms with Crippen LogP contribution in [0.5, 0.6) is 0 Å². The van der Waals surface area contributed by atoms with Crippen molar-refractivity contribution in [2.45, 2.75) is 17.0 Å². The van der Waals surface area contributed by atoms with Gasteiger partial charge in [-0.3, -0.25) is 4.79 Å². The molecule has 1 aromatic carbocycles. The van der Waals surface area contributed by atoms with Crippen molar-refractivity contribution in [2.75, 3.05) is 0 Å². The molecule has 0 saturated carbocycles. The summed E-state index contributed by atoms with van der Waals surface area (Å²) in [4.78, 5) is 11.7. The Morgan fingerprint density at radius 1 is 1.47 bits per heavy atom. The average Bonchev–Trinajstić information content (AvgIpc) is 2.67. The van der Waals surface area contributed by atoms with E-state index in [9.17, 15) is 9.18 Å². The summed E-state index contributed by atoms with van der Waals surface area (Å²) in [6.07, 6.45) is 1.52. The lowest BCUT2D eigenvalue weighted by Crippen LogP contribution is -1.99. The molecule has 0 saturated heterocycles. The molecule has 0 aliphatic carbocycles. The van der Waals surface area contributed by atoms with Crippen LogP contribution >= 0.6 is 11.8 Å². The largest absolute Gasteiger partial charge is 0.311 e. The zero-order valence-corrected chi connectivity index (χ0v) is 10.2. The van der Waals surface area contributed by atoms with Crippen LogP contribution in [-0.4, -0.2) is 20.5 Å². The second kappa shape index (κ2) is 4.67. The smallest absolute Gasteiger partial charge is 0.195 e. The molecule has 0 fully saturated rings. The Balaban J connectivity index is 2.45. The average molecular weight is 251 g/mol. The Labute approximate surface area is 102 Å². The summed E-state index contributed by atoms with van der Waals surface area (Å²) in [5, 5.41) is 8.10. The predicted octanol–water partition coefficient (Wildman–Crippen LogP) is 2.31. The third-order valence-corrected chi connectivity index (χ3v) is 3.38. The van der Waals surface area contributed by atoms with Crippen molar-refractivity contribution in [3.05, 3.63) is 35.9 Å². The molecule has 2 aromatic rings. The van der Waals surface area contributed by atoms with Crippen molar-refractivity contribution in [1.82, 2.24) is 14.8 Å². The molecule has 0 bridgehead atoms. The molecule has 0 unspecified atom stereocenters. The van der Waals surface area contributed by atoms with Gasteiger partial charge in [0.15, 0.2) is 10.9 Å². The number of hydrogen-bond acceptors (Lipinski definition) is 4. The first-order chi connectivity index (χ1) is 8.09. The molecule has 0 atom stereocenters. The minimum atomic E-state index is -0.425. The van der Waals surface area contributed by atoms with Crippen LogP contribution in [0.2, 0.25) is 0 Å². The molecule has 0 spiro atoms. The van der Waals surface area contributed by atoms with Gasteiger partial charge in [-0.05, 0) is 24.8 Å². The molecule has 0 aliphatic heterocycles. The SMILES string of the molecule is CC(=O)c1cccc(F)c1Sc1nncn1C. The summed E-state index contributed by atoms with van der Waals surface area (Å²) in [6, 6.07) is 4.45. The van der Waals surface area contributed by atoms with E-state index in [2.05, 4.69) is 10.2 Å². The lowest BCUT2D eigenvalue weighted by atomic mass is 10.1. The summed E-state index contributed by atoms with van der Waals surface area (Å²) < 4.78 is 15.4. The van der Waals surface area contributed by atoms with Crippen LogP contribution in [0.1, 0.15) is 17.3 Å². The monoisotopic (exact) mass is 251 g/mol. The Kier molecular flexibility index (Phi) is 3.23. The number of halogens is 1. The number of rotatable bonds is 3. The fourth-order valence-electron chi connectivity index (χ4n) is 1.35. The van der Waals surface area contributed by atoms with Gasteiger partial charge >= 0.3 is 0 Å². The number of Topliss-reactive ketones (excluding diaryl/α,β-unsaturated/α-hetero) is 1. The van der Waals surface area contributed by atoms with Crippen LogP contribution in [0, 0.1) is 5.82 Å². The minimum Gasteiger partial charge on any atom is -0.311 e. The number of hydrogen-bond donors (Lipinski definition) is 0. The Morgan fingerprint density at radius 2 is 2.24 bits per heavy atom. The van der Waals surface area contributed by atoms with Crippen LogP contribution in [0.3, 0.4) is 0 Å². The van der Waals surface area contributed by atoms with Gasteiger partial charge in [-0.1, -0.05) is 12.1 Å². The molecule has 1 heterocycles. The maximum absolute atomic E-state index is 13.7. The highest BCUT2D eigenvalue weighted by molar-refractivity contribution is 7.99. The van der Waals surface area contributed by atoms with Crippen molar-refractivity contribution in [2.24, 2.45) is 7.05 Å². The third-order valence-electron chi connectivity index (χ3n) is 2.21. The van der Waals surface area contributed by atoms with E-state index in [0.29, 0.717) is 10.7 Å². The van der Waals surface area contributed by atoms with Gasteiger partial charge in [0.25, 0.3) is 0 Å². The van der Waals surface area contributed by atoms with Crippen molar-refractivity contribution in [1.29, 1.82) is 0 Å². The molecule has 1 aromatic heterocycles. The third kappa shape index (κ3) is 2.36. The molecular weight excluding hydrogens is 241 g/mol. The molecule has 0 N–H and O–H groups in total. The van der Waals surface area contributed by atoms with Crippen molar-refractivity contribution in [3.63, 3.8) is 0 Å². The highest BCUT2D eigenvalue weighted by Gasteiger charge is 2.15. The zero-order chi connectivity index (χ0) is 12.4. The predicted molar refractivity (Wildman–Crippen MR) is 61.5 cm³/mol. The summed E-state index contributed by atoms with van der Waals surface area (Å²) in [7, 11) is 1.76. The van der Waals surface area contributed by atoms with Gasteiger partial charge in [0.05, 0.1) is 4.90 Å². The molecule has 0 aliphatic rings. The van der Waals surface area contributed by atoms with Crippen LogP contribution in [0.4, 0.5) is 4.39 Å².